The Labute approximate surface area is 187 Å². The van der Waals surface area contributed by atoms with E-state index in [1.54, 1.807) is 16.8 Å². The zero-order valence-electron chi connectivity index (χ0n) is 17.2. The van der Waals surface area contributed by atoms with Crippen LogP contribution in [0.2, 0.25) is 5.02 Å². The van der Waals surface area contributed by atoms with Crippen molar-refractivity contribution in [3.8, 4) is 5.69 Å². The number of nitrogens with one attached hydrogen (secondary N) is 2. The van der Waals surface area contributed by atoms with Crippen molar-refractivity contribution < 1.29 is 4.79 Å². The lowest BCUT2D eigenvalue weighted by atomic mass is 10.1. The monoisotopic (exact) mass is 453 g/mol. The first-order valence-corrected chi connectivity index (χ1v) is 10.9. The molecular formula is C22H20ClN5O2S. The Morgan fingerprint density at radius 1 is 1.19 bits per heavy atom. The van der Waals surface area contributed by atoms with Gasteiger partial charge in [0, 0.05) is 10.7 Å². The van der Waals surface area contributed by atoms with Gasteiger partial charge in [0.05, 0.1) is 17.6 Å². The lowest BCUT2D eigenvalue weighted by Gasteiger charge is -2.09. The molecule has 2 heterocycles. The lowest BCUT2D eigenvalue weighted by molar-refractivity contribution is -0.113. The van der Waals surface area contributed by atoms with E-state index < -0.39 is 0 Å². The molecule has 31 heavy (non-hydrogen) atoms. The predicted molar refractivity (Wildman–Crippen MR) is 125 cm³/mol. The molecule has 0 atom stereocenters. The first kappa shape index (κ1) is 21.1. The summed E-state index contributed by atoms with van der Waals surface area (Å²) in [5.74, 6) is -0.145. The van der Waals surface area contributed by atoms with E-state index in [9.17, 15) is 9.59 Å². The summed E-state index contributed by atoms with van der Waals surface area (Å²) < 4.78 is 1.66. The molecule has 0 bridgehead atoms. The number of aryl methyl sites for hydroxylation is 2. The summed E-state index contributed by atoms with van der Waals surface area (Å²) in [5, 5.41) is 8.49. The first-order valence-electron chi connectivity index (χ1n) is 9.57. The normalized spacial score (nSPS) is 11.1. The summed E-state index contributed by atoms with van der Waals surface area (Å²) in [6.07, 6.45) is 1.51. The summed E-state index contributed by atoms with van der Waals surface area (Å²) in [6.45, 7) is 5.92. The van der Waals surface area contributed by atoms with Crippen molar-refractivity contribution in [2.45, 2.75) is 25.9 Å². The Hall–Kier alpha value is -3.10. The van der Waals surface area contributed by atoms with Gasteiger partial charge < -0.3 is 10.3 Å². The third kappa shape index (κ3) is 4.35. The summed E-state index contributed by atoms with van der Waals surface area (Å²) in [5.41, 5.74) is 4.74. The van der Waals surface area contributed by atoms with E-state index in [-0.39, 0.29) is 17.2 Å². The summed E-state index contributed by atoms with van der Waals surface area (Å²) in [4.78, 5) is 32.1. The fourth-order valence-electron chi connectivity index (χ4n) is 3.11. The van der Waals surface area contributed by atoms with Crippen LogP contribution in [0.3, 0.4) is 0 Å². The number of anilines is 1. The zero-order chi connectivity index (χ0) is 22.1. The number of H-pyrrole nitrogens is 1. The number of rotatable bonds is 5. The molecule has 2 aromatic heterocycles. The molecule has 2 aromatic carbocycles. The van der Waals surface area contributed by atoms with Gasteiger partial charge in [-0.1, -0.05) is 41.6 Å². The molecule has 4 rings (SSSR count). The van der Waals surface area contributed by atoms with Crippen molar-refractivity contribution in [2.75, 3.05) is 11.1 Å². The molecule has 0 radical (unpaired) electrons. The maximum Gasteiger partial charge on any atom is 0.262 e. The summed E-state index contributed by atoms with van der Waals surface area (Å²) in [7, 11) is 0. The molecule has 0 aliphatic carbocycles. The van der Waals surface area contributed by atoms with Gasteiger partial charge in [-0.15, -0.1) is 0 Å². The molecule has 0 aliphatic heterocycles. The highest BCUT2D eigenvalue weighted by atomic mass is 35.5. The van der Waals surface area contributed by atoms with Gasteiger partial charge in [-0.3, -0.25) is 9.59 Å². The number of carbonyl (C=O) groups is 1. The number of hydrogen-bond acceptors (Lipinski definition) is 5. The molecule has 7 nitrogen and oxygen atoms in total. The number of amides is 1. The SMILES string of the molecule is Cc1ccc(NC(=O)CSc2nc3c(cnn3-c3cccc(C)c3C)c(=O)[nH]2)cc1Cl. The topological polar surface area (TPSA) is 92.7 Å². The Morgan fingerprint density at radius 2 is 2.00 bits per heavy atom. The van der Waals surface area contributed by atoms with E-state index in [4.69, 9.17) is 11.6 Å². The number of carbonyl (C=O) groups excluding carboxylic acids is 1. The van der Waals surface area contributed by atoms with Crippen LogP contribution in [0.1, 0.15) is 16.7 Å². The molecule has 4 aromatic rings. The summed E-state index contributed by atoms with van der Waals surface area (Å²) >= 11 is 7.25. The Kier molecular flexibility index (Phi) is 5.84. The fourth-order valence-corrected chi connectivity index (χ4v) is 3.95. The molecule has 1 amide bonds. The van der Waals surface area contributed by atoms with Gasteiger partial charge >= 0.3 is 0 Å². The largest absolute Gasteiger partial charge is 0.325 e. The van der Waals surface area contributed by atoms with E-state index in [1.165, 1.54) is 6.20 Å². The maximum absolute atomic E-state index is 12.5. The molecular weight excluding hydrogens is 434 g/mol. The second-order valence-corrected chi connectivity index (χ2v) is 8.56. The molecule has 9 heteroatoms. The third-order valence-electron chi connectivity index (χ3n) is 5.02. The van der Waals surface area contributed by atoms with Gasteiger partial charge in [0.2, 0.25) is 5.91 Å². The van der Waals surface area contributed by atoms with E-state index in [0.29, 0.717) is 26.9 Å². The average Bonchev–Trinajstić information content (AvgIpc) is 3.16. The van der Waals surface area contributed by atoms with Crippen molar-refractivity contribution in [3.63, 3.8) is 0 Å². The zero-order valence-corrected chi connectivity index (χ0v) is 18.8. The molecule has 0 unspecified atom stereocenters. The van der Waals surface area contributed by atoms with E-state index >= 15 is 0 Å². The Balaban J connectivity index is 1.57. The molecule has 0 saturated heterocycles. The number of aromatic nitrogens is 4. The highest BCUT2D eigenvalue weighted by Crippen LogP contribution is 2.23. The van der Waals surface area contributed by atoms with Crippen LogP contribution in [0.4, 0.5) is 5.69 Å². The van der Waals surface area contributed by atoms with Gasteiger partial charge in [-0.05, 0) is 55.7 Å². The smallest absolute Gasteiger partial charge is 0.262 e. The molecule has 0 fully saturated rings. The van der Waals surface area contributed by atoms with Crippen LogP contribution in [0.15, 0.2) is 52.5 Å². The molecule has 2 N–H and O–H groups in total. The molecule has 0 spiro atoms. The van der Waals surface area contributed by atoms with Gasteiger partial charge in [-0.2, -0.15) is 5.10 Å². The van der Waals surface area contributed by atoms with Gasteiger partial charge in [-0.25, -0.2) is 9.67 Å². The van der Waals surface area contributed by atoms with Crippen LogP contribution in [-0.2, 0) is 4.79 Å². The number of fused-ring (bicyclic) bond motifs is 1. The van der Waals surface area contributed by atoms with E-state index in [1.807, 2.05) is 45.0 Å². The molecule has 0 aliphatic rings. The number of benzene rings is 2. The van der Waals surface area contributed by atoms with Crippen LogP contribution in [-0.4, -0.2) is 31.4 Å². The van der Waals surface area contributed by atoms with Crippen molar-refractivity contribution in [3.05, 3.63) is 74.7 Å². The highest BCUT2D eigenvalue weighted by molar-refractivity contribution is 7.99. The third-order valence-corrected chi connectivity index (χ3v) is 6.30. The highest BCUT2D eigenvalue weighted by Gasteiger charge is 2.15. The number of halogens is 1. The molecule has 158 valence electrons. The van der Waals surface area contributed by atoms with E-state index in [0.717, 1.165) is 34.1 Å². The maximum atomic E-state index is 12.5. The van der Waals surface area contributed by atoms with Crippen molar-refractivity contribution in [2.24, 2.45) is 0 Å². The van der Waals surface area contributed by atoms with Crippen molar-refractivity contribution in [1.82, 2.24) is 19.7 Å². The van der Waals surface area contributed by atoms with Crippen LogP contribution < -0.4 is 10.9 Å². The van der Waals surface area contributed by atoms with Gasteiger partial charge in [0.1, 0.15) is 5.39 Å². The fraction of sp³-hybridized carbons (Fsp3) is 0.182. The minimum atomic E-state index is -0.296. The number of nitrogens with zero attached hydrogens (tertiary/aromatic N) is 3. The Morgan fingerprint density at radius 3 is 2.77 bits per heavy atom. The number of aromatic amines is 1. The number of thioether (sulfide) groups is 1. The van der Waals surface area contributed by atoms with Crippen LogP contribution in [0.25, 0.3) is 16.7 Å². The van der Waals surface area contributed by atoms with E-state index in [2.05, 4.69) is 20.4 Å². The minimum Gasteiger partial charge on any atom is -0.325 e. The number of hydrogen-bond donors (Lipinski definition) is 2. The van der Waals surface area contributed by atoms with Crippen molar-refractivity contribution >= 4 is 46.0 Å². The standard InChI is InChI=1S/C22H20ClN5O2S/c1-12-5-4-6-18(14(12)3)28-20-16(10-24-28)21(30)27-22(26-20)31-11-19(29)25-15-8-7-13(2)17(23)9-15/h4-10H,11H2,1-3H3,(H,25,29)(H,26,27,30). The lowest BCUT2D eigenvalue weighted by Crippen LogP contribution is -2.15. The van der Waals surface area contributed by atoms with Crippen LogP contribution >= 0.6 is 23.4 Å². The van der Waals surface area contributed by atoms with Gasteiger partial charge in [0.25, 0.3) is 5.56 Å². The Bertz CT molecular complexity index is 1360. The summed E-state index contributed by atoms with van der Waals surface area (Å²) in [6, 6.07) is 11.2. The second kappa shape index (κ2) is 8.56. The molecule has 0 saturated carbocycles. The minimum absolute atomic E-state index is 0.0809. The van der Waals surface area contributed by atoms with Crippen molar-refractivity contribution in [1.29, 1.82) is 0 Å². The average molecular weight is 454 g/mol. The first-order chi connectivity index (χ1) is 14.8. The predicted octanol–water partition coefficient (Wildman–Crippen LogP) is 4.42. The van der Waals surface area contributed by atoms with Gasteiger partial charge in [0.15, 0.2) is 10.8 Å². The van der Waals surface area contributed by atoms with Crippen LogP contribution in [0, 0.1) is 20.8 Å². The quantitative estimate of drug-likeness (QED) is 0.344. The van der Waals surface area contributed by atoms with Crippen LogP contribution in [0.5, 0.6) is 0 Å². The second-order valence-electron chi connectivity index (χ2n) is 7.18.